The molecule has 7 nitrogen and oxygen atoms in total. The van der Waals surface area contributed by atoms with Crippen molar-refractivity contribution in [3.05, 3.63) is 72.2 Å². The van der Waals surface area contributed by atoms with Gasteiger partial charge in [0.25, 0.3) is 0 Å². The Hall–Kier alpha value is -3.81. The van der Waals surface area contributed by atoms with E-state index in [0.717, 1.165) is 40.0 Å². The average molecular weight is 387 g/mol. The van der Waals surface area contributed by atoms with Crippen molar-refractivity contribution in [2.24, 2.45) is 0 Å². The molecule has 0 radical (unpaired) electrons. The fraction of sp³-hybridized carbons (Fsp3) is 0.143. The fourth-order valence-electron chi connectivity index (χ4n) is 3.43. The Labute approximate surface area is 165 Å². The van der Waals surface area contributed by atoms with Gasteiger partial charge in [0.1, 0.15) is 11.6 Å². The summed E-state index contributed by atoms with van der Waals surface area (Å²) in [7, 11) is 0. The highest BCUT2D eigenvalue weighted by molar-refractivity contribution is 5.78. The smallest absolute Gasteiger partial charge is 0.160 e. The Balaban J connectivity index is 1.46. The number of hydrogen-bond acceptors (Lipinski definition) is 5. The average Bonchev–Trinajstić information content (AvgIpc) is 3.32. The molecule has 29 heavy (non-hydrogen) atoms. The number of aromatic nitrogens is 6. The Morgan fingerprint density at radius 2 is 2.14 bits per heavy atom. The first-order chi connectivity index (χ1) is 14.2. The van der Waals surface area contributed by atoms with Gasteiger partial charge in [-0.05, 0) is 37.1 Å². The highest BCUT2D eigenvalue weighted by atomic mass is 19.1. The summed E-state index contributed by atoms with van der Waals surface area (Å²) in [4.78, 5) is 16.3. The summed E-state index contributed by atoms with van der Waals surface area (Å²) in [6.45, 7) is 2.63. The van der Waals surface area contributed by atoms with Gasteiger partial charge >= 0.3 is 0 Å². The molecule has 0 aliphatic heterocycles. The number of H-pyrrole nitrogens is 1. The van der Waals surface area contributed by atoms with Crippen molar-refractivity contribution in [3.8, 4) is 11.3 Å². The third-order valence-corrected chi connectivity index (χ3v) is 4.86. The molecule has 0 amide bonds. The van der Waals surface area contributed by atoms with Gasteiger partial charge in [-0.3, -0.25) is 9.97 Å². The Morgan fingerprint density at radius 3 is 3.03 bits per heavy atom. The normalized spacial score (nSPS) is 11.4. The molecule has 0 atom stereocenters. The Bertz CT molecular complexity index is 1320. The first-order valence-electron chi connectivity index (χ1n) is 9.30. The number of nitrogens with one attached hydrogen (secondary N) is 2. The lowest BCUT2D eigenvalue weighted by atomic mass is 10.2. The van der Waals surface area contributed by atoms with Gasteiger partial charge in [-0.25, -0.2) is 9.37 Å². The minimum Gasteiger partial charge on any atom is -0.370 e. The van der Waals surface area contributed by atoms with E-state index in [9.17, 15) is 4.39 Å². The molecular formula is C21H18FN7. The number of nitrogens with zero attached hydrogens (tertiary/aromatic N) is 5. The van der Waals surface area contributed by atoms with Crippen molar-refractivity contribution in [2.45, 2.75) is 13.3 Å². The standard InChI is InChI=1S/C21H18FN7/c1-13-9-27-29-19(8-18(28-21(13)29)15-7-16(22)12-23-10-15)24-6-4-14-11-26-17-3-2-5-25-20(14)17/h2-3,5,7-12,24,26H,4,6H2,1H3. The van der Waals surface area contributed by atoms with E-state index in [1.807, 2.05) is 31.3 Å². The van der Waals surface area contributed by atoms with Crippen LogP contribution in [0.3, 0.4) is 0 Å². The molecule has 0 fully saturated rings. The number of fused-ring (bicyclic) bond motifs is 2. The molecule has 8 heteroatoms. The molecule has 5 aromatic heterocycles. The minimum absolute atomic E-state index is 0.393. The molecule has 0 saturated heterocycles. The second-order valence-corrected chi connectivity index (χ2v) is 6.87. The van der Waals surface area contributed by atoms with E-state index in [1.165, 1.54) is 12.3 Å². The van der Waals surface area contributed by atoms with E-state index in [-0.39, 0.29) is 0 Å². The predicted octanol–water partition coefficient (Wildman–Crippen LogP) is 3.77. The van der Waals surface area contributed by atoms with Gasteiger partial charge in [0.15, 0.2) is 5.65 Å². The van der Waals surface area contributed by atoms with Crippen LogP contribution < -0.4 is 5.32 Å². The summed E-state index contributed by atoms with van der Waals surface area (Å²) in [5.41, 5.74) is 6.09. The lowest BCUT2D eigenvalue weighted by molar-refractivity contribution is 0.622. The molecular weight excluding hydrogens is 369 g/mol. The monoisotopic (exact) mass is 387 g/mol. The summed E-state index contributed by atoms with van der Waals surface area (Å²) in [5, 5.41) is 7.85. The number of pyridine rings is 2. The van der Waals surface area contributed by atoms with Gasteiger partial charge in [0.2, 0.25) is 0 Å². The third-order valence-electron chi connectivity index (χ3n) is 4.86. The maximum absolute atomic E-state index is 13.6. The molecule has 0 bridgehead atoms. The van der Waals surface area contributed by atoms with Crippen LogP contribution in [-0.4, -0.2) is 36.1 Å². The van der Waals surface area contributed by atoms with Gasteiger partial charge in [0, 0.05) is 42.3 Å². The molecule has 0 aromatic carbocycles. The number of aryl methyl sites for hydroxylation is 1. The number of aromatic amines is 1. The molecule has 5 aromatic rings. The summed E-state index contributed by atoms with van der Waals surface area (Å²) in [5.74, 6) is 0.394. The van der Waals surface area contributed by atoms with Crippen LogP contribution in [0.4, 0.5) is 10.2 Å². The Morgan fingerprint density at radius 1 is 1.21 bits per heavy atom. The highest BCUT2D eigenvalue weighted by Gasteiger charge is 2.12. The van der Waals surface area contributed by atoms with Crippen LogP contribution >= 0.6 is 0 Å². The molecule has 0 unspecified atom stereocenters. The van der Waals surface area contributed by atoms with Crippen LogP contribution in [-0.2, 0) is 6.42 Å². The van der Waals surface area contributed by atoms with Crippen molar-refractivity contribution >= 4 is 22.5 Å². The first kappa shape index (κ1) is 17.3. The van der Waals surface area contributed by atoms with Crippen molar-refractivity contribution in [1.82, 2.24) is 29.5 Å². The van der Waals surface area contributed by atoms with Crippen LogP contribution in [0.15, 0.2) is 55.2 Å². The van der Waals surface area contributed by atoms with E-state index < -0.39 is 5.82 Å². The number of hydrogen-bond donors (Lipinski definition) is 2. The van der Waals surface area contributed by atoms with Crippen molar-refractivity contribution in [3.63, 3.8) is 0 Å². The number of halogens is 1. The topological polar surface area (TPSA) is 83.8 Å². The van der Waals surface area contributed by atoms with Crippen LogP contribution in [0.2, 0.25) is 0 Å². The second kappa shape index (κ2) is 6.97. The van der Waals surface area contributed by atoms with Gasteiger partial charge in [-0.15, -0.1) is 0 Å². The number of anilines is 1. The van der Waals surface area contributed by atoms with Gasteiger partial charge in [0.05, 0.1) is 29.1 Å². The molecule has 0 spiro atoms. The van der Waals surface area contributed by atoms with Crippen molar-refractivity contribution in [2.75, 3.05) is 11.9 Å². The second-order valence-electron chi connectivity index (χ2n) is 6.87. The van der Waals surface area contributed by atoms with Crippen molar-refractivity contribution in [1.29, 1.82) is 0 Å². The zero-order valence-corrected chi connectivity index (χ0v) is 15.7. The van der Waals surface area contributed by atoms with Gasteiger partial charge in [-0.2, -0.15) is 9.61 Å². The van der Waals surface area contributed by atoms with Gasteiger partial charge in [-0.1, -0.05) is 0 Å². The molecule has 0 aliphatic rings. The minimum atomic E-state index is -0.393. The maximum atomic E-state index is 13.6. The van der Waals surface area contributed by atoms with Crippen LogP contribution in [0.25, 0.3) is 27.9 Å². The molecule has 2 N–H and O–H groups in total. The van der Waals surface area contributed by atoms with Crippen LogP contribution in [0.5, 0.6) is 0 Å². The van der Waals surface area contributed by atoms with Gasteiger partial charge < -0.3 is 10.3 Å². The predicted molar refractivity (Wildman–Crippen MR) is 109 cm³/mol. The summed E-state index contributed by atoms with van der Waals surface area (Å²) in [6.07, 6.45) is 9.13. The largest absolute Gasteiger partial charge is 0.370 e. The van der Waals surface area contributed by atoms with E-state index >= 15 is 0 Å². The fourth-order valence-corrected chi connectivity index (χ4v) is 3.43. The Kier molecular flexibility index (Phi) is 4.16. The molecule has 0 saturated carbocycles. The highest BCUT2D eigenvalue weighted by Crippen LogP contribution is 2.24. The quantitative estimate of drug-likeness (QED) is 0.480. The summed E-state index contributed by atoms with van der Waals surface area (Å²) in [6, 6.07) is 7.22. The molecule has 144 valence electrons. The zero-order valence-electron chi connectivity index (χ0n) is 15.7. The zero-order chi connectivity index (χ0) is 19.8. The lowest BCUT2D eigenvalue weighted by Crippen LogP contribution is -2.10. The third kappa shape index (κ3) is 3.18. The molecule has 0 aliphatic carbocycles. The molecule has 5 heterocycles. The molecule has 5 rings (SSSR count). The van der Waals surface area contributed by atoms with Crippen LogP contribution in [0, 0.1) is 12.7 Å². The first-order valence-corrected chi connectivity index (χ1v) is 9.30. The van der Waals surface area contributed by atoms with E-state index in [4.69, 9.17) is 0 Å². The van der Waals surface area contributed by atoms with Crippen molar-refractivity contribution < 1.29 is 4.39 Å². The summed E-state index contributed by atoms with van der Waals surface area (Å²) < 4.78 is 15.4. The lowest BCUT2D eigenvalue weighted by Gasteiger charge is -2.11. The number of rotatable bonds is 5. The maximum Gasteiger partial charge on any atom is 0.160 e. The van der Waals surface area contributed by atoms with Crippen LogP contribution in [0.1, 0.15) is 11.1 Å². The van der Waals surface area contributed by atoms with E-state index in [2.05, 4.69) is 30.4 Å². The SMILES string of the molecule is Cc1cnn2c(NCCc3c[nH]c4cccnc34)cc(-c3cncc(F)c3)nc12. The van der Waals surface area contributed by atoms with E-state index in [0.29, 0.717) is 17.8 Å². The summed E-state index contributed by atoms with van der Waals surface area (Å²) >= 11 is 0. The van der Waals surface area contributed by atoms with E-state index in [1.54, 1.807) is 23.1 Å².